The molecular formula is C21H34N2O7S2. The molecular weight excluding hydrogens is 456 g/mol. The Morgan fingerprint density at radius 2 is 2.03 bits per heavy atom. The zero-order chi connectivity index (χ0) is 24.2. The number of ether oxygens (including phenoxy) is 1. The van der Waals surface area contributed by atoms with Gasteiger partial charge in [0.05, 0.1) is 17.8 Å². The molecule has 0 spiro atoms. The molecule has 0 unspecified atom stereocenters. The van der Waals surface area contributed by atoms with Gasteiger partial charge in [-0.05, 0) is 49.4 Å². The van der Waals surface area contributed by atoms with Crippen molar-refractivity contribution in [2.75, 3.05) is 18.7 Å². The minimum atomic E-state index is -4.32. The van der Waals surface area contributed by atoms with Crippen molar-refractivity contribution in [1.82, 2.24) is 10.6 Å². The summed E-state index contributed by atoms with van der Waals surface area (Å²) >= 11 is 0. The molecule has 1 aliphatic heterocycles. The summed E-state index contributed by atoms with van der Waals surface area (Å²) < 4.78 is 62.7. The third kappa shape index (κ3) is 6.66. The molecule has 1 heterocycles. The van der Waals surface area contributed by atoms with Gasteiger partial charge in [0, 0.05) is 18.0 Å². The maximum Gasteiger partial charge on any atom is 0.283 e. The van der Waals surface area contributed by atoms with Crippen LogP contribution < -0.4 is 15.4 Å². The van der Waals surface area contributed by atoms with Crippen molar-refractivity contribution in [3.8, 4) is 5.75 Å². The molecule has 0 fully saturated rings. The Labute approximate surface area is 191 Å². The number of sulfone groups is 1. The second kappa shape index (κ2) is 10.5. The molecule has 0 saturated heterocycles. The van der Waals surface area contributed by atoms with Crippen LogP contribution >= 0.6 is 0 Å². The Kier molecular flexibility index (Phi) is 8.71. The Balaban J connectivity index is 2.37. The van der Waals surface area contributed by atoms with Gasteiger partial charge in [0.25, 0.3) is 10.1 Å². The number of unbranched alkanes of at least 4 members (excludes halogenated alkanes) is 1. The summed E-state index contributed by atoms with van der Waals surface area (Å²) in [5.74, 6) is -0.995. The number of methoxy groups -OCH3 is 1. The molecule has 182 valence electrons. The standard InChI is InChI=1S/C21H34N2O7S2/c1-5-7-10-21(6-2)13-31(25,26)19-11-16(8-9-20(24)22-14-32(27,28)29)18(30-4)12-17(19)15(3)23-21/h11-12,15,23H,5-10,13-14H2,1-4H3,(H,22,24)(H,27,28,29)/t15-,21-/m1/s1. The van der Waals surface area contributed by atoms with Gasteiger partial charge in [0.1, 0.15) is 11.6 Å². The summed E-state index contributed by atoms with van der Waals surface area (Å²) in [5.41, 5.74) is 0.658. The smallest absolute Gasteiger partial charge is 0.283 e. The molecule has 1 aromatic carbocycles. The predicted molar refractivity (Wildman–Crippen MR) is 122 cm³/mol. The Hall–Kier alpha value is -1.69. The van der Waals surface area contributed by atoms with Crippen LogP contribution in [0.15, 0.2) is 17.0 Å². The Morgan fingerprint density at radius 3 is 2.59 bits per heavy atom. The third-order valence-electron chi connectivity index (χ3n) is 5.96. The highest BCUT2D eigenvalue weighted by atomic mass is 32.2. The minimum absolute atomic E-state index is 0.00550. The van der Waals surface area contributed by atoms with Crippen LogP contribution in [0.1, 0.15) is 70.0 Å². The summed E-state index contributed by atoms with van der Waals surface area (Å²) in [7, 11) is -6.45. The van der Waals surface area contributed by atoms with Gasteiger partial charge < -0.3 is 15.4 Å². The topological polar surface area (TPSA) is 139 Å². The number of amides is 1. The maximum absolute atomic E-state index is 13.4. The fourth-order valence-corrected chi connectivity index (χ4v) is 6.75. The number of rotatable bonds is 10. The number of aryl methyl sites for hydroxylation is 1. The summed E-state index contributed by atoms with van der Waals surface area (Å²) in [4.78, 5) is 12.2. The number of benzene rings is 1. The second-order valence-corrected chi connectivity index (χ2v) is 11.8. The van der Waals surface area contributed by atoms with E-state index < -0.39 is 37.3 Å². The van der Waals surface area contributed by atoms with Gasteiger partial charge in [-0.15, -0.1) is 0 Å². The van der Waals surface area contributed by atoms with E-state index in [0.29, 0.717) is 23.3 Å². The Bertz CT molecular complexity index is 1040. The van der Waals surface area contributed by atoms with Gasteiger partial charge in [0.15, 0.2) is 9.84 Å². The van der Waals surface area contributed by atoms with E-state index in [0.717, 1.165) is 19.3 Å². The highest BCUT2D eigenvalue weighted by Crippen LogP contribution is 2.38. The van der Waals surface area contributed by atoms with Crippen LogP contribution in [0.2, 0.25) is 0 Å². The third-order valence-corrected chi connectivity index (χ3v) is 8.43. The monoisotopic (exact) mass is 490 g/mol. The molecule has 1 amide bonds. The van der Waals surface area contributed by atoms with Crippen LogP contribution in [0.4, 0.5) is 0 Å². The van der Waals surface area contributed by atoms with Crippen LogP contribution in [0.5, 0.6) is 5.75 Å². The van der Waals surface area contributed by atoms with Crippen LogP contribution in [-0.2, 0) is 31.2 Å². The summed E-state index contributed by atoms with van der Waals surface area (Å²) in [6.45, 7) is 6.02. The van der Waals surface area contributed by atoms with E-state index >= 15 is 0 Å². The van der Waals surface area contributed by atoms with Crippen molar-refractivity contribution >= 4 is 25.9 Å². The number of fused-ring (bicyclic) bond motifs is 1. The molecule has 3 N–H and O–H groups in total. The molecule has 2 atom stereocenters. The van der Waals surface area contributed by atoms with Gasteiger partial charge in [-0.3, -0.25) is 9.35 Å². The lowest BCUT2D eigenvalue weighted by Crippen LogP contribution is -2.49. The molecule has 0 saturated carbocycles. The van der Waals surface area contributed by atoms with E-state index in [9.17, 15) is 21.6 Å². The van der Waals surface area contributed by atoms with Crippen molar-refractivity contribution in [3.63, 3.8) is 0 Å². The first-order chi connectivity index (χ1) is 14.9. The fraction of sp³-hybridized carbons (Fsp3) is 0.667. The molecule has 9 nitrogen and oxygen atoms in total. The van der Waals surface area contributed by atoms with E-state index in [1.807, 2.05) is 13.8 Å². The van der Waals surface area contributed by atoms with E-state index in [4.69, 9.17) is 9.29 Å². The van der Waals surface area contributed by atoms with E-state index in [2.05, 4.69) is 17.6 Å². The molecule has 1 aliphatic rings. The molecule has 0 radical (unpaired) electrons. The maximum atomic E-state index is 13.4. The van der Waals surface area contributed by atoms with Crippen molar-refractivity contribution in [2.24, 2.45) is 0 Å². The summed E-state index contributed by atoms with van der Waals surface area (Å²) in [6.07, 6.45) is 3.40. The van der Waals surface area contributed by atoms with Crippen LogP contribution in [0.25, 0.3) is 0 Å². The lowest BCUT2D eigenvalue weighted by Gasteiger charge is -2.34. The van der Waals surface area contributed by atoms with E-state index in [1.54, 1.807) is 12.1 Å². The number of hydrogen-bond acceptors (Lipinski definition) is 7. The van der Waals surface area contributed by atoms with Crippen molar-refractivity contribution in [2.45, 2.75) is 75.8 Å². The quantitative estimate of drug-likeness (QED) is 0.425. The molecule has 32 heavy (non-hydrogen) atoms. The SMILES string of the molecule is CCCC[C@]1(CC)CS(=O)(=O)c2cc(CCC(=O)NCS(=O)(=O)O)c(OC)cc2[C@@H](C)N1. The van der Waals surface area contributed by atoms with Crippen LogP contribution in [-0.4, -0.2) is 51.6 Å². The second-order valence-electron chi connectivity index (χ2n) is 8.39. The lowest BCUT2D eigenvalue weighted by molar-refractivity contribution is -0.120. The summed E-state index contributed by atoms with van der Waals surface area (Å²) in [6, 6.07) is 3.07. The van der Waals surface area contributed by atoms with Gasteiger partial charge in [-0.25, -0.2) is 8.42 Å². The van der Waals surface area contributed by atoms with Gasteiger partial charge >= 0.3 is 0 Å². The van der Waals surface area contributed by atoms with Crippen molar-refractivity contribution in [1.29, 1.82) is 0 Å². The first-order valence-corrected chi connectivity index (χ1v) is 14.1. The first-order valence-electron chi connectivity index (χ1n) is 10.8. The van der Waals surface area contributed by atoms with E-state index in [-0.39, 0.29) is 29.5 Å². The number of hydrogen-bond donors (Lipinski definition) is 3. The predicted octanol–water partition coefficient (Wildman–Crippen LogP) is 2.37. The zero-order valence-electron chi connectivity index (χ0n) is 19.1. The summed E-state index contributed by atoms with van der Waals surface area (Å²) in [5, 5.41) is 5.68. The largest absolute Gasteiger partial charge is 0.496 e. The van der Waals surface area contributed by atoms with Crippen LogP contribution in [0.3, 0.4) is 0 Å². The number of carbonyl (C=O) groups excluding carboxylic acids is 1. The molecule has 1 aromatic rings. The van der Waals surface area contributed by atoms with Crippen molar-refractivity contribution < 1.29 is 30.9 Å². The molecule has 2 rings (SSSR count). The highest BCUT2D eigenvalue weighted by Gasteiger charge is 2.40. The number of nitrogens with one attached hydrogen (secondary N) is 2. The first kappa shape index (κ1) is 26.6. The lowest BCUT2D eigenvalue weighted by atomic mass is 9.90. The molecule has 0 aromatic heterocycles. The minimum Gasteiger partial charge on any atom is -0.496 e. The van der Waals surface area contributed by atoms with E-state index in [1.165, 1.54) is 7.11 Å². The van der Waals surface area contributed by atoms with Gasteiger partial charge in [-0.1, -0.05) is 26.7 Å². The highest BCUT2D eigenvalue weighted by molar-refractivity contribution is 7.91. The van der Waals surface area contributed by atoms with Gasteiger partial charge in [-0.2, -0.15) is 8.42 Å². The average molecular weight is 491 g/mol. The fourth-order valence-electron chi connectivity index (χ4n) is 4.18. The normalized spacial score (nSPS) is 22.6. The number of carbonyl (C=O) groups is 1. The molecule has 0 aliphatic carbocycles. The molecule has 11 heteroatoms. The van der Waals surface area contributed by atoms with Crippen LogP contribution in [0, 0.1) is 0 Å². The Morgan fingerprint density at radius 1 is 1.34 bits per heavy atom. The molecule has 0 bridgehead atoms. The van der Waals surface area contributed by atoms with Crippen molar-refractivity contribution in [3.05, 3.63) is 23.3 Å². The average Bonchev–Trinajstić information content (AvgIpc) is 2.80. The van der Waals surface area contributed by atoms with Gasteiger partial charge in [0.2, 0.25) is 5.91 Å². The zero-order valence-corrected chi connectivity index (χ0v) is 20.7.